The molecule has 4 heteroatoms. The van der Waals surface area contributed by atoms with Gasteiger partial charge < -0.3 is 9.84 Å². The molecule has 2 saturated carbocycles. The fourth-order valence-electron chi connectivity index (χ4n) is 5.01. The van der Waals surface area contributed by atoms with Crippen LogP contribution in [0.25, 0.3) is 0 Å². The summed E-state index contributed by atoms with van der Waals surface area (Å²) in [7, 11) is 0. The summed E-state index contributed by atoms with van der Waals surface area (Å²) in [6, 6.07) is 0. The Hall–Kier alpha value is -1.06. The van der Waals surface area contributed by atoms with E-state index < -0.39 is 17.8 Å². The molecule has 0 amide bonds. The van der Waals surface area contributed by atoms with Crippen molar-refractivity contribution in [2.45, 2.75) is 91.4 Å². The van der Waals surface area contributed by atoms with Gasteiger partial charge in [-0.3, -0.25) is 9.59 Å². The van der Waals surface area contributed by atoms with Crippen LogP contribution in [-0.2, 0) is 14.3 Å². The first kappa shape index (κ1) is 21.2. The molecule has 0 spiro atoms. The van der Waals surface area contributed by atoms with Gasteiger partial charge in [-0.1, -0.05) is 59.3 Å². The molecule has 2 aliphatic carbocycles. The highest BCUT2D eigenvalue weighted by Crippen LogP contribution is 2.44. The molecule has 0 radical (unpaired) electrons. The monoisotopic (exact) mass is 366 g/mol. The number of carbonyl (C=O) groups excluding carboxylic acids is 1. The van der Waals surface area contributed by atoms with E-state index in [4.69, 9.17) is 4.74 Å². The first-order chi connectivity index (χ1) is 12.3. The molecule has 2 aliphatic rings. The number of ether oxygens (including phenoxy) is 1. The summed E-state index contributed by atoms with van der Waals surface area (Å²) in [5, 5.41) is 9.39. The maximum absolute atomic E-state index is 12.6. The van der Waals surface area contributed by atoms with Gasteiger partial charge in [-0.15, -0.1) is 0 Å². The largest absolute Gasteiger partial charge is 0.481 e. The predicted octanol–water partition coefficient (Wildman–Crippen LogP) is 5.44. The third-order valence-corrected chi connectivity index (χ3v) is 6.68. The number of aliphatic carboxylic acids is 1. The standard InChI is InChI=1S/C22H38O4/c1-4-5-6-9-16-14-22(2,3)13-12-17(16)15-26-21(25)19-11-8-7-10-18(19)20(23)24/h16-19H,4-15H2,1-3H3,(H,23,24). The molecule has 150 valence electrons. The number of esters is 1. The van der Waals surface area contributed by atoms with Gasteiger partial charge in [-0.05, 0) is 49.4 Å². The Morgan fingerprint density at radius 1 is 1.04 bits per heavy atom. The van der Waals surface area contributed by atoms with Gasteiger partial charge >= 0.3 is 11.9 Å². The smallest absolute Gasteiger partial charge is 0.309 e. The Balaban J connectivity index is 1.90. The lowest BCUT2D eigenvalue weighted by atomic mass is 9.66. The van der Waals surface area contributed by atoms with Gasteiger partial charge in [0.1, 0.15) is 0 Å². The number of carbonyl (C=O) groups is 2. The van der Waals surface area contributed by atoms with E-state index in [9.17, 15) is 14.7 Å². The molecular formula is C22H38O4. The van der Waals surface area contributed by atoms with E-state index in [1.54, 1.807) is 0 Å². The average Bonchev–Trinajstić information content (AvgIpc) is 2.60. The fraction of sp³-hybridized carbons (Fsp3) is 0.909. The second-order valence-corrected chi connectivity index (χ2v) is 9.39. The van der Waals surface area contributed by atoms with Crippen LogP contribution < -0.4 is 0 Å². The van der Waals surface area contributed by atoms with E-state index in [1.165, 1.54) is 38.5 Å². The van der Waals surface area contributed by atoms with Crippen molar-refractivity contribution >= 4 is 11.9 Å². The van der Waals surface area contributed by atoms with Crippen LogP contribution in [0.4, 0.5) is 0 Å². The minimum Gasteiger partial charge on any atom is -0.481 e. The maximum atomic E-state index is 12.6. The van der Waals surface area contributed by atoms with Gasteiger partial charge in [0.25, 0.3) is 0 Å². The van der Waals surface area contributed by atoms with Crippen LogP contribution in [0.1, 0.15) is 91.4 Å². The second-order valence-electron chi connectivity index (χ2n) is 9.39. The number of carboxylic acid groups (broad SMARTS) is 1. The van der Waals surface area contributed by atoms with Crippen molar-refractivity contribution in [3.63, 3.8) is 0 Å². The zero-order chi connectivity index (χ0) is 19.2. The zero-order valence-electron chi connectivity index (χ0n) is 17.0. The minimum absolute atomic E-state index is 0.269. The molecule has 2 fully saturated rings. The zero-order valence-corrected chi connectivity index (χ0v) is 17.0. The van der Waals surface area contributed by atoms with Crippen molar-refractivity contribution in [1.29, 1.82) is 0 Å². The summed E-state index contributed by atoms with van der Waals surface area (Å²) < 4.78 is 5.70. The molecule has 0 aromatic heterocycles. The Morgan fingerprint density at radius 2 is 1.73 bits per heavy atom. The number of carboxylic acids is 1. The van der Waals surface area contributed by atoms with Crippen LogP contribution in [0.2, 0.25) is 0 Å². The third kappa shape index (κ3) is 5.99. The Bertz CT molecular complexity index is 471. The molecule has 0 bridgehead atoms. The molecule has 0 aromatic rings. The summed E-state index contributed by atoms with van der Waals surface area (Å²) in [5.74, 6) is -1.05. The lowest BCUT2D eigenvalue weighted by Crippen LogP contribution is -2.37. The maximum Gasteiger partial charge on any atom is 0.309 e. The van der Waals surface area contributed by atoms with Gasteiger partial charge in [0, 0.05) is 0 Å². The van der Waals surface area contributed by atoms with Crippen LogP contribution in [0.3, 0.4) is 0 Å². The Kier molecular flexibility index (Phi) is 7.97. The van der Waals surface area contributed by atoms with E-state index >= 15 is 0 Å². The van der Waals surface area contributed by atoms with E-state index in [2.05, 4.69) is 20.8 Å². The van der Waals surface area contributed by atoms with Gasteiger partial charge in [-0.25, -0.2) is 0 Å². The number of hydrogen-bond acceptors (Lipinski definition) is 3. The van der Waals surface area contributed by atoms with Crippen LogP contribution in [0.5, 0.6) is 0 Å². The fourth-order valence-corrected chi connectivity index (χ4v) is 5.01. The summed E-state index contributed by atoms with van der Waals surface area (Å²) in [6.07, 6.45) is 11.6. The second kappa shape index (κ2) is 9.75. The summed E-state index contributed by atoms with van der Waals surface area (Å²) in [5.41, 5.74) is 0.384. The minimum atomic E-state index is -0.844. The SMILES string of the molecule is CCCCCC1CC(C)(C)CCC1COC(=O)C1CCCCC1C(=O)O. The molecule has 0 aliphatic heterocycles. The van der Waals surface area contributed by atoms with Crippen molar-refractivity contribution in [2.75, 3.05) is 6.61 Å². The molecule has 4 unspecified atom stereocenters. The van der Waals surface area contributed by atoms with Gasteiger partial charge in [0.15, 0.2) is 0 Å². The number of unbranched alkanes of at least 4 members (excludes halogenated alkanes) is 2. The van der Waals surface area contributed by atoms with Crippen molar-refractivity contribution in [2.24, 2.45) is 29.1 Å². The van der Waals surface area contributed by atoms with E-state index in [1.807, 2.05) is 0 Å². The Morgan fingerprint density at radius 3 is 2.38 bits per heavy atom. The first-order valence-electron chi connectivity index (χ1n) is 10.7. The third-order valence-electron chi connectivity index (χ3n) is 6.68. The lowest BCUT2D eigenvalue weighted by Gasteiger charge is -2.41. The molecular weight excluding hydrogens is 328 g/mol. The highest BCUT2D eigenvalue weighted by molar-refractivity contribution is 5.81. The summed E-state index contributed by atoms with van der Waals surface area (Å²) >= 11 is 0. The van der Waals surface area contributed by atoms with Crippen LogP contribution in [0.15, 0.2) is 0 Å². The molecule has 4 nitrogen and oxygen atoms in total. The summed E-state index contributed by atoms with van der Waals surface area (Å²) in [4.78, 5) is 24.0. The van der Waals surface area contributed by atoms with E-state index in [0.29, 0.717) is 36.7 Å². The number of rotatable bonds is 8. The lowest BCUT2D eigenvalue weighted by molar-refractivity contribution is -0.161. The highest BCUT2D eigenvalue weighted by atomic mass is 16.5. The van der Waals surface area contributed by atoms with Gasteiger partial charge in [0.2, 0.25) is 0 Å². The van der Waals surface area contributed by atoms with Crippen molar-refractivity contribution in [1.82, 2.24) is 0 Å². The van der Waals surface area contributed by atoms with Crippen LogP contribution in [0, 0.1) is 29.1 Å². The molecule has 1 N–H and O–H groups in total. The van der Waals surface area contributed by atoms with Gasteiger partial charge in [-0.2, -0.15) is 0 Å². The van der Waals surface area contributed by atoms with Crippen LogP contribution in [-0.4, -0.2) is 23.7 Å². The predicted molar refractivity (Wildman–Crippen MR) is 103 cm³/mol. The normalized spacial score (nSPS) is 31.3. The molecule has 2 rings (SSSR count). The van der Waals surface area contributed by atoms with Crippen LogP contribution >= 0.6 is 0 Å². The van der Waals surface area contributed by atoms with Gasteiger partial charge in [0.05, 0.1) is 18.4 Å². The number of hydrogen-bond donors (Lipinski definition) is 1. The molecule has 26 heavy (non-hydrogen) atoms. The summed E-state index contributed by atoms with van der Waals surface area (Å²) in [6.45, 7) is 7.41. The molecule has 0 aromatic carbocycles. The van der Waals surface area contributed by atoms with Crippen molar-refractivity contribution < 1.29 is 19.4 Å². The molecule has 4 atom stereocenters. The topological polar surface area (TPSA) is 63.6 Å². The molecule has 0 saturated heterocycles. The first-order valence-corrected chi connectivity index (χ1v) is 10.7. The van der Waals surface area contributed by atoms with E-state index in [0.717, 1.165) is 19.3 Å². The van der Waals surface area contributed by atoms with Crippen molar-refractivity contribution in [3.8, 4) is 0 Å². The quantitative estimate of drug-likeness (QED) is 0.459. The van der Waals surface area contributed by atoms with Crippen molar-refractivity contribution in [3.05, 3.63) is 0 Å². The average molecular weight is 367 g/mol. The highest BCUT2D eigenvalue weighted by Gasteiger charge is 2.39. The van der Waals surface area contributed by atoms with E-state index in [-0.39, 0.29) is 5.97 Å². The Labute approximate surface area is 159 Å². The molecule has 0 heterocycles.